The van der Waals surface area contributed by atoms with Crippen molar-refractivity contribution in [3.8, 4) is 11.3 Å². The van der Waals surface area contributed by atoms with Gasteiger partial charge in [0.25, 0.3) is 0 Å². The summed E-state index contributed by atoms with van der Waals surface area (Å²) in [6.07, 6.45) is 0.820. The van der Waals surface area contributed by atoms with Crippen molar-refractivity contribution in [2.75, 3.05) is 13.2 Å². The Morgan fingerprint density at radius 1 is 1.17 bits per heavy atom. The van der Waals surface area contributed by atoms with Crippen molar-refractivity contribution in [1.29, 1.82) is 0 Å². The Balaban J connectivity index is 2.00. The molecule has 0 unspecified atom stereocenters. The zero-order chi connectivity index (χ0) is 12.8. The molecule has 1 aromatic carbocycles. The van der Waals surface area contributed by atoms with Crippen LogP contribution in [0.3, 0.4) is 0 Å². The third kappa shape index (κ3) is 3.18. The molecular weight excluding hydrogens is 233 g/mol. The molecule has 2 rings (SSSR count). The summed E-state index contributed by atoms with van der Waals surface area (Å²) in [5, 5.41) is 0. The van der Waals surface area contributed by atoms with Crippen molar-refractivity contribution < 1.29 is 13.5 Å². The highest BCUT2D eigenvalue weighted by molar-refractivity contribution is 5.58. The number of rotatable bonds is 6. The minimum absolute atomic E-state index is 0.289. The number of nitrogens with two attached hydrogens (primary N) is 1. The molecule has 0 amide bonds. The van der Waals surface area contributed by atoms with Gasteiger partial charge >= 0.3 is 0 Å². The van der Waals surface area contributed by atoms with Crippen molar-refractivity contribution >= 4 is 0 Å². The van der Waals surface area contributed by atoms with E-state index in [1.54, 1.807) is 30.3 Å². The molecule has 18 heavy (non-hydrogen) atoms. The van der Waals surface area contributed by atoms with Gasteiger partial charge in [-0.15, -0.1) is 0 Å². The van der Waals surface area contributed by atoms with Gasteiger partial charge < -0.3 is 14.9 Å². The summed E-state index contributed by atoms with van der Waals surface area (Å²) in [5.74, 6) is 0.915. The van der Waals surface area contributed by atoms with Gasteiger partial charge in [-0.3, -0.25) is 0 Å². The zero-order valence-electron chi connectivity index (χ0n) is 10.1. The summed E-state index contributed by atoms with van der Waals surface area (Å²) in [6.45, 7) is 1.60. The standard InChI is InChI=1S/C14H16FNO2/c15-13-5-2-1-4-12(13)14-7-6-11(18-14)10-17-9-3-8-16/h1-2,4-7H,3,8-10,16H2. The first kappa shape index (κ1) is 12.8. The fraction of sp³-hybridized carbons (Fsp3) is 0.286. The maximum Gasteiger partial charge on any atom is 0.137 e. The molecule has 1 heterocycles. The molecule has 0 fully saturated rings. The minimum Gasteiger partial charge on any atom is -0.459 e. The molecule has 0 saturated heterocycles. The Labute approximate surface area is 105 Å². The summed E-state index contributed by atoms with van der Waals surface area (Å²) < 4.78 is 24.4. The third-order valence-corrected chi connectivity index (χ3v) is 2.54. The van der Waals surface area contributed by atoms with Gasteiger partial charge in [-0.25, -0.2) is 4.39 Å². The van der Waals surface area contributed by atoms with Crippen LogP contribution in [0.2, 0.25) is 0 Å². The van der Waals surface area contributed by atoms with E-state index in [4.69, 9.17) is 14.9 Å². The van der Waals surface area contributed by atoms with Crippen molar-refractivity contribution in [2.45, 2.75) is 13.0 Å². The highest BCUT2D eigenvalue weighted by atomic mass is 19.1. The topological polar surface area (TPSA) is 48.4 Å². The highest BCUT2D eigenvalue weighted by Crippen LogP contribution is 2.24. The molecule has 2 aromatic rings. The van der Waals surface area contributed by atoms with Crippen LogP contribution in [-0.2, 0) is 11.3 Å². The molecule has 2 N–H and O–H groups in total. The molecule has 3 nitrogen and oxygen atoms in total. The lowest BCUT2D eigenvalue weighted by Crippen LogP contribution is -2.03. The quantitative estimate of drug-likeness (QED) is 0.801. The van der Waals surface area contributed by atoms with Crippen LogP contribution in [0.15, 0.2) is 40.8 Å². The van der Waals surface area contributed by atoms with Gasteiger partial charge in [-0.05, 0) is 37.2 Å². The van der Waals surface area contributed by atoms with Gasteiger partial charge in [-0.1, -0.05) is 12.1 Å². The van der Waals surface area contributed by atoms with E-state index in [9.17, 15) is 4.39 Å². The predicted molar refractivity (Wildman–Crippen MR) is 67.4 cm³/mol. The third-order valence-electron chi connectivity index (χ3n) is 2.54. The van der Waals surface area contributed by atoms with E-state index in [1.807, 2.05) is 0 Å². The number of ether oxygens (including phenoxy) is 1. The van der Waals surface area contributed by atoms with Gasteiger partial charge in [0.05, 0.1) is 5.56 Å². The summed E-state index contributed by atoms with van der Waals surface area (Å²) >= 11 is 0. The van der Waals surface area contributed by atoms with Crippen LogP contribution in [-0.4, -0.2) is 13.2 Å². The van der Waals surface area contributed by atoms with Gasteiger partial charge in [0.15, 0.2) is 0 Å². The summed E-state index contributed by atoms with van der Waals surface area (Å²) in [5.41, 5.74) is 5.82. The Bertz CT molecular complexity index is 496. The molecule has 0 radical (unpaired) electrons. The minimum atomic E-state index is -0.289. The molecular formula is C14H16FNO2. The van der Waals surface area contributed by atoms with Crippen LogP contribution < -0.4 is 5.73 Å². The van der Waals surface area contributed by atoms with E-state index < -0.39 is 0 Å². The lowest BCUT2D eigenvalue weighted by Gasteiger charge is -2.01. The smallest absolute Gasteiger partial charge is 0.137 e. The molecule has 0 saturated carbocycles. The Morgan fingerprint density at radius 3 is 2.78 bits per heavy atom. The lowest BCUT2D eigenvalue weighted by molar-refractivity contribution is 0.106. The molecule has 0 aliphatic heterocycles. The molecule has 0 bridgehead atoms. The van der Waals surface area contributed by atoms with Crippen molar-refractivity contribution in [1.82, 2.24) is 0 Å². The second-order valence-electron chi connectivity index (χ2n) is 3.94. The summed E-state index contributed by atoms with van der Waals surface area (Å²) in [6, 6.07) is 10.1. The summed E-state index contributed by atoms with van der Waals surface area (Å²) in [7, 11) is 0. The maximum absolute atomic E-state index is 13.5. The lowest BCUT2D eigenvalue weighted by atomic mass is 10.1. The molecule has 0 spiro atoms. The van der Waals surface area contributed by atoms with Crippen LogP contribution in [0.1, 0.15) is 12.2 Å². The fourth-order valence-electron chi connectivity index (χ4n) is 1.62. The number of halogens is 1. The first-order valence-corrected chi connectivity index (χ1v) is 5.92. The van der Waals surface area contributed by atoms with E-state index in [2.05, 4.69) is 0 Å². The van der Waals surface area contributed by atoms with E-state index in [1.165, 1.54) is 6.07 Å². The predicted octanol–water partition coefficient (Wildman–Crippen LogP) is 2.95. The number of hydrogen-bond acceptors (Lipinski definition) is 3. The zero-order valence-corrected chi connectivity index (χ0v) is 10.1. The molecule has 4 heteroatoms. The van der Waals surface area contributed by atoms with Crippen LogP contribution in [0, 0.1) is 5.82 Å². The Morgan fingerprint density at radius 2 is 2.00 bits per heavy atom. The molecule has 96 valence electrons. The average Bonchev–Trinajstić information content (AvgIpc) is 2.84. The summed E-state index contributed by atoms with van der Waals surface area (Å²) in [4.78, 5) is 0. The molecule has 1 aromatic heterocycles. The maximum atomic E-state index is 13.5. The number of benzene rings is 1. The van der Waals surface area contributed by atoms with Crippen LogP contribution in [0.5, 0.6) is 0 Å². The molecule has 0 aliphatic rings. The highest BCUT2D eigenvalue weighted by Gasteiger charge is 2.08. The SMILES string of the molecule is NCCCOCc1ccc(-c2ccccc2F)o1. The molecule has 0 aliphatic carbocycles. The van der Waals surface area contributed by atoms with Crippen molar-refractivity contribution in [3.05, 3.63) is 48.0 Å². The van der Waals surface area contributed by atoms with E-state index in [-0.39, 0.29) is 5.82 Å². The average molecular weight is 249 g/mol. The monoisotopic (exact) mass is 249 g/mol. The first-order valence-electron chi connectivity index (χ1n) is 5.92. The van der Waals surface area contributed by atoms with Crippen LogP contribution in [0.4, 0.5) is 4.39 Å². The first-order chi connectivity index (χ1) is 8.81. The number of furan rings is 1. The Hall–Kier alpha value is -1.65. The van der Waals surface area contributed by atoms with Crippen LogP contribution in [0.25, 0.3) is 11.3 Å². The Kier molecular flexibility index (Phi) is 4.50. The van der Waals surface area contributed by atoms with Crippen molar-refractivity contribution in [2.24, 2.45) is 5.73 Å². The van der Waals surface area contributed by atoms with E-state index >= 15 is 0 Å². The van der Waals surface area contributed by atoms with E-state index in [0.717, 1.165) is 6.42 Å². The van der Waals surface area contributed by atoms with Gasteiger partial charge in [0, 0.05) is 6.61 Å². The largest absolute Gasteiger partial charge is 0.459 e. The second-order valence-corrected chi connectivity index (χ2v) is 3.94. The van der Waals surface area contributed by atoms with Gasteiger partial charge in [-0.2, -0.15) is 0 Å². The van der Waals surface area contributed by atoms with Gasteiger partial charge in [0.1, 0.15) is 23.9 Å². The van der Waals surface area contributed by atoms with Gasteiger partial charge in [0.2, 0.25) is 0 Å². The van der Waals surface area contributed by atoms with Crippen LogP contribution >= 0.6 is 0 Å². The molecule has 0 atom stereocenters. The van der Waals surface area contributed by atoms with E-state index in [0.29, 0.717) is 36.8 Å². The van der Waals surface area contributed by atoms with Crippen molar-refractivity contribution in [3.63, 3.8) is 0 Å². The second kappa shape index (κ2) is 6.33. The number of hydrogen-bond donors (Lipinski definition) is 1. The fourth-order valence-corrected chi connectivity index (χ4v) is 1.62. The normalized spacial score (nSPS) is 10.8.